The van der Waals surface area contributed by atoms with E-state index >= 15 is 0 Å². The van der Waals surface area contributed by atoms with Crippen LogP contribution in [0.1, 0.15) is 70.1 Å². The van der Waals surface area contributed by atoms with E-state index in [0.29, 0.717) is 24.2 Å². The molecule has 2 fully saturated rings. The Kier molecular flexibility index (Phi) is 3.55. The Morgan fingerprint density at radius 2 is 1.93 bits per heavy atom. The zero-order valence-corrected chi connectivity index (χ0v) is 17.4. The van der Waals surface area contributed by atoms with Gasteiger partial charge in [0.1, 0.15) is 22.9 Å². The molecule has 1 aromatic rings. The van der Waals surface area contributed by atoms with E-state index in [1.807, 2.05) is 0 Å². The zero-order chi connectivity index (χ0) is 20.1. The summed E-state index contributed by atoms with van der Waals surface area (Å²) >= 11 is 0. The largest absolute Gasteiger partial charge is 0.508 e. The monoisotopic (exact) mass is 384 g/mol. The summed E-state index contributed by atoms with van der Waals surface area (Å²) in [5.74, 6) is 2.34. The molecular formula is C23H32N2O3. The fraction of sp³-hybridized carbons (Fsp3) is 0.696. The van der Waals surface area contributed by atoms with Crippen molar-refractivity contribution < 1.29 is 14.9 Å². The fourth-order valence-electron chi connectivity index (χ4n) is 7.18. The maximum atomic E-state index is 10.8. The second-order valence-corrected chi connectivity index (χ2v) is 10.4. The van der Waals surface area contributed by atoms with Gasteiger partial charge >= 0.3 is 0 Å². The van der Waals surface area contributed by atoms with Gasteiger partial charge in [-0.2, -0.15) is 0 Å². The number of aliphatic hydroxyl groups excluding tert-OH is 1. The Hall–Kier alpha value is -1.75. The Morgan fingerprint density at radius 1 is 1.18 bits per heavy atom. The number of hydrogen-bond donors (Lipinski definition) is 3. The van der Waals surface area contributed by atoms with Gasteiger partial charge in [-0.15, -0.1) is 0 Å². The standard InChI is InChI=1S/C23H32N2O3/c1-12-5-6-17-21(2,3)18(27)7-8-22(17,4)23(12)10-14-16(26)9-13-15(19(14)28-23)11-25-20(13)24/h9,12,17-18,26-27H,5-8,10-11H2,1-4H3,(H2,24,25)/t12-,17-,18-,22+,23+/m1/s1. The lowest BCUT2D eigenvalue weighted by molar-refractivity contribution is -0.210. The molecule has 0 saturated heterocycles. The van der Waals surface area contributed by atoms with E-state index in [4.69, 9.17) is 10.5 Å². The number of rotatable bonds is 0. The van der Waals surface area contributed by atoms with E-state index in [2.05, 4.69) is 32.7 Å². The maximum Gasteiger partial charge on any atom is 0.133 e. The summed E-state index contributed by atoms with van der Waals surface area (Å²) in [5, 5.41) is 21.6. The topological polar surface area (TPSA) is 88.1 Å². The zero-order valence-electron chi connectivity index (χ0n) is 17.4. The van der Waals surface area contributed by atoms with E-state index < -0.39 is 0 Å². The highest BCUT2D eigenvalue weighted by molar-refractivity contribution is 6.02. The lowest BCUT2D eigenvalue weighted by Gasteiger charge is -2.64. The Labute approximate surface area is 167 Å². The van der Waals surface area contributed by atoms with Crippen LogP contribution in [-0.4, -0.2) is 27.8 Å². The molecule has 2 aliphatic heterocycles. The van der Waals surface area contributed by atoms with Crippen LogP contribution < -0.4 is 10.5 Å². The van der Waals surface area contributed by atoms with Crippen LogP contribution >= 0.6 is 0 Å². The highest BCUT2D eigenvalue weighted by Crippen LogP contribution is 2.67. The van der Waals surface area contributed by atoms with Gasteiger partial charge in [-0.25, -0.2) is 0 Å². The summed E-state index contributed by atoms with van der Waals surface area (Å²) in [6.45, 7) is 9.63. The average molecular weight is 385 g/mol. The fourth-order valence-corrected chi connectivity index (χ4v) is 7.18. The number of phenolic OH excluding ortho intramolecular Hbond substituents is 1. The van der Waals surface area contributed by atoms with Crippen LogP contribution in [0, 0.1) is 22.7 Å². The lowest BCUT2D eigenvalue weighted by atomic mass is 9.43. The maximum absolute atomic E-state index is 10.8. The van der Waals surface area contributed by atoms with Crippen molar-refractivity contribution in [2.75, 3.05) is 0 Å². The molecule has 1 aromatic carbocycles. The minimum atomic E-state index is -0.361. The molecule has 152 valence electrons. The number of amidine groups is 1. The molecule has 2 aliphatic carbocycles. The van der Waals surface area contributed by atoms with Crippen molar-refractivity contribution in [3.63, 3.8) is 0 Å². The number of nitrogens with zero attached hydrogens (tertiary/aromatic N) is 1. The number of ether oxygens (including phenoxy) is 1. The van der Waals surface area contributed by atoms with Gasteiger partial charge in [0, 0.05) is 28.5 Å². The number of hydrogen-bond acceptors (Lipinski definition) is 5. The van der Waals surface area contributed by atoms with E-state index in [0.717, 1.165) is 54.5 Å². The number of fused-ring (bicyclic) bond motifs is 5. The van der Waals surface area contributed by atoms with Crippen molar-refractivity contribution in [2.24, 2.45) is 33.4 Å². The number of aliphatic imine (C=N–C) groups is 1. The van der Waals surface area contributed by atoms with E-state index in [1.165, 1.54) is 0 Å². The first-order valence-electron chi connectivity index (χ1n) is 10.7. The highest BCUT2D eigenvalue weighted by Gasteiger charge is 2.67. The third-order valence-corrected chi connectivity index (χ3v) is 8.98. The first-order valence-corrected chi connectivity index (χ1v) is 10.7. The number of nitrogens with two attached hydrogens (primary N) is 1. The molecule has 2 heterocycles. The molecule has 0 radical (unpaired) electrons. The van der Waals surface area contributed by atoms with Crippen LogP contribution in [-0.2, 0) is 13.0 Å². The molecule has 5 atom stereocenters. The van der Waals surface area contributed by atoms with Crippen LogP contribution in [0.5, 0.6) is 11.5 Å². The van der Waals surface area contributed by atoms with Crippen molar-refractivity contribution in [2.45, 2.75) is 78.0 Å². The van der Waals surface area contributed by atoms with Gasteiger partial charge in [-0.3, -0.25) is 4.99 Å². The first-order chi connectivity index (χ1) is 13.1. The molecule has 5 heteroatoms. The summed E-state index contributed by atoms with van der Waals surface area (Å²) in [7, 11) is 0. The minimum absolute atomic E-state index is 0.0588. The summed E-state index contributed by atoms with van der Waals surface area (Å²) in [4.78, 5) is 4.38. The predicted octanol–water partition coefficient (Wildman–Crippen LogP) is 3.52. The molecule has 28 heavy (non-hydrogen) atoms. The van der Waals surface area contributed by atoms with Crippen molar-refractivity contribution in [3.8, 4) is 11.5 Å². The summed E-state index contributed by atoms with van der Waals surface area (Å²) in [6, 6.07) is 1.77. The minimum Gasteiger partial charge on any atom is -0.508 e. The van der Waals surface area contributed by atoms with Gasteiger partial charge in [0.2, 0.25) is 0 Å². The van der Waals surface area contributed by atoms with Crippen molar-refractivity contribution in [1.82, 2.24) is 0 Å². The molecule has 4 aliphatic rings. The predicted molar refractivity (Wildman–Crippen MR) is 109 cm³/mol. The van der Waals surface area contributed by atoms with Crippen LogP contribution in [0.15, 0.2) is 11.1 Å². The number of aliphatic hydroxyl groups is 1. The molecule has 0 unspecified atom stereocenters. The number of aromatic hydroxyl groups is 1. The van der Waals surface area contributed by atoms with Gasteiger partial charge < -0.3 is 20.7 Å². The molecule has 2 saturated carbocycles. The Morgan fingerprint density at radius 3 is 2.68 bits per heavy atom. The van der Waals surface area contributed by atoms with Crippen LogP contribution in [0.25, 0.3) is 0 Å². The van der Waals surface area contributed by atoms with E-state index in [1.54, 1.807) is 6.07 Å². The third-order valence-electron chi connectivity index (χ3n) is 8.98. The Bertz CT molecular complexity index is 892. The number of phenols is 1. The SMILES string of the molecule is C[C@@H]1CC[C@@H]2C(C)(C)[C@H](O)CC[C@]2(C)[C@]12Cc1c(O)cc3c(c1O2)CN=C3N. The van der Waals surface area contributed by atoms with Gasteiger partial charge in [0.05, 0.1) is 12.6 Å². The molecule has 0 amide bonds. The summed E-state index contributed by atoms with van der Waals surface area (Å²) in [5.41, 5.74) is 8.24. The van der Waals surface area contributed by atoms with Crippen LogP contribution in [0.4, 0.5) is 0 Å². The molecule has 1 spiro atoms. The lowest BCUT2D eigenvalue weighted by Crippen LogP contribution is -2.66. The molecule has 0 aromatic heterocycles. The number of benzene rings is 1. The average Bonchev–Trinajstić information content (AvgIpc) is 3.20. The van der Waals surface area contributed by atoms with Gasteiger partial charge in [-0.1, -0.05) is 27.7 Å². The second-order valence-electron chi connectivity index (χ2n) is 10.4. The smallest absolute Gasteiger partial charge is 0.133 e. The van der Waals surface area contributed by atoms with Crippen LogP contribution in [0.2, 0.25) is 0 Å². The first kappa shape index (κ1) is 18.3. The molecule has 0 bridgehead atoms. The van der Waals surface area contributed by atoms with Gasteiger partial charge in [0.25, 0.3) is 0 Å². The molecule has 5 nitrogen and oxygen atoms in total. The summed E-state index contributed by atoms with van der Waals surface area (Å²) < 4.78 is 6.95. The van der Waals surface area contributed by atoms with Crippen molar-refractivity contribution in [1.29, 1.82) is 0 Å². The molecule has 5 rings (SSSR count). The van der Waals surface area contributed by atoms with E-state index in [9.17, 15) is 10.2 Å². The van der Waals surface area contributed by atoms with E-state index in [-0.39, 0.29) is 28.3 Å². The van der Waals surface area contributed by atoms with Crippen LogP contribution in [0.3, 0.4) is 0 Å². The molecule has 4 N–H and O–H groups in total. The third kappa shape index (κ3) is 1.99. The highest BCUT2D eigenvalue weighted by atomic mass is 16.5. The van der Waals surface area contributed by atoms with Gasteiger partial charge in [0.15, 0.2) is 0 Å². The Balaban J connectivity index is 1.64. The molecular weight excluding hydrogens is 352 g/mol. The second kappa shape index (κ2) is 5.44. The normalized spacial score (nSPS) is 40.5. The van der Waals surface area contributed by atoms with Crippen molar-refractivity contribution in [3.05, 3.63) is 22.8 Å². The summed E-state index contributed by atoms with van der Waals surface area (Å²) in [6.07, 6.45) is 4.39. The van der Waals surface area contributed by atoms with Crippen molar-refractivity contribution >= 4 is 5.84 Å². The quantitative estimate of drug-likeness (QED) is 0.639. The van der Waals surface area contributed by atoms with Gasteiger partial charge in [-0.05, 0) is 49.0 Å².